The number of phenols is 2. The third kappa shape index (κ3) is 13.3. The average Bonchev–Trinajstić information content (AvgIpc) is 2.96. The Balaban J connectivity index is 2.00. The third-order valence-electron chi connectivity index (χ3n) is 9.23. The molecule has 2 nitrogen and oxygen atoms in total. The van der Waals surface area contributed by atoms with Gasteiger partial charge in [-0.05, 0) is 66.1 Å². The minimum Gasteiger partial charge on any atom is -0.508 e. The summed E-state index contributed by atoms with van der Waals surface area (Å²) < 4.78 is 0. The fourth-order valence-electron chi connectivity index (χ4n) is 6.44. The maximum absolute atomic E-state index is 11.1. The molecule has 0 aliphatic rings. The Morgan fingerprint density at radius 1 is 0.463 bits per heavy atom. The number of hydrogen-bond acceptors (Lipinski definition) is 2. The smallest absolute Gasteiger partial charge is 0.119 e. The topological polar surface area (TPSA) is 40.5 Å². The van der Waals surface area contributed by atoms with Crippen molar-refractivity contribution in [2.45, 2.75) is 174 Å². The number of phenolic OH excluding ortho intramolecular Hbond substituents is 2. The molecule has 0 radical (unpaired) electrons. The van der Waals surface area contributed by atoms with E-state index in [1.807, 2.05) is 6.07 Å². The van der Waals surface area contributed by atoms with E-state index in [0.29, 0.717) is 11.5 Å². The highest BCUT2D eigenvalue weighted by molar-refractivity contribution is 5.51. The zero-order chi connectivity index (χ0) is 29.8. The Morgan fingerprint density at radius 3 is 1.29 bits per heavy atom. The molecule has 0 bridgehead atoms. The van der Waals surface area contributed by atoms with E-state index < -0.39 is 0 Å². The van der Waals surface area contributed by atoms with Gasteiger partial charge in [-0.25, -0.2) is 0 Å². The van der Waals surface area contributed by atoms with Crippen molar-refractivity contribution in [3.8, 4) is 11.5 Å². The first-order valence-corrected chi connectivity index (χ1v) is 17.6. The summed E-state index contributed by atoms with van der Waals surface area (Å²) in [6.07, 6.45) is 28.7. The second kappa shape index (κ2) is 20.8. The Kier molecular flexibility index (Phi) is 17.9. The highest BCUT2D eigenvalue weighted by Crippen LogP contribution is 2.39. The number of aromatic hydroxyl groups is 2. The van der Waals surface area contributed by atoms with Gasteiger partial charge in [0.05, 0.1) is 0 Å². The van der Waals surface area contributed by atoms with Crippen LogP contribution in [0.3, 0.4) is 0 Å². The van der Waals surface area contributed by atoms with Crippen LogP contribution in [-0.2, 0) is 18.3 Å². The van der Waals surface area contributed by atoms with Gasteiger partial charge in [0.2, 0.25) is 0 Å². The van der Waals surface area contributed by atoms with E-state index in [1.165, 1.54) is 144 Å². The van der Waals surface area contributed by atoms with Crippen LogP contribution in [0.2, 0.25) is 0 Å². The van der Waals surface area contributed by atoms with Crippen molar-refractivity contribution in [1.29, 1.82) is 0 Å². The van der Waals surface area contributed by atoms with Crippen molar-refractivity contribution in [3.63, 3.8) is 0 Å². The first-order chi connectivity index (χ1) is 19.9. The lowest BCUT2D eigenvalue weighted by atomic mass is 9.73. The monoisotopic (exact) mass is 564 g/mol. The molecular formula is C39H64O2. The first-order valence-electron chi connectivity index (χ1n) is 17.6. The SMILES string of the molecule is CCCCCCCCCCCCc1c(O)ccc(C(C)(C)c2ccc(O)cc2)c1CCCCCCCCCCCC. The largest absolute Gasteiger partial charge is 0.508 e. The van der Waals surface area contributed by atoms with Gasteiger partial charge in [0, 0.05) is 5.41 Å². The number of rotatable bonds is 24. The second-order valence-electron chi connectivity index (χ2n) is 13.1. The highest BCUT2D eigenvalue weighted by atomic mass is 16.3. The summed E-state index contributed by atoms with van der Waals surface area (Å²) in [5, 5.41) is 20.9. The van der Waals surface area contributed by atoms with Crippen molar-refractivity contribution in [2.75, 3.05) is 0 Å². The minimum atomic E-state index is -0.193. The molecule has 0 spiro atoms. The van der Waals surface area contributed by atoms with Crippen LogP contribution in [0, 0.1) is 0 Å². The van der Waals surface area contributed by atoms with Crippen molar-refractivity contribution < 1.29 is 10.2 Å². The first kappa shape index (κ1) is 35.2. The molecule has 0 heterocycles. The molecule has 0 unspecified atom stereocenters. The van der Waals surface area contributed by atoms with Crippen LogP contribution >= 0.6 is 0 Å². The molecule has 0 saturated heterocycles. The molecule has 2 heteroatoms. The van der Waals surface area contributed by atoms with Gasteiger partial charge in [0.1, 0.15) is 11.5 Å². The van der Waals surface area contributed by atoms with Gasteiger partial charge < -0.3 is 10.2 Å². The van der Waals surface area contributed by atoms with E-state index in [4.69, 9.17) is 0 Å². The van der Waals surface area contributed by atoms with Crippen LogP contribution < -0.4 is 0 Å². The zero-order valence-corrected chi connectivity index (χ0v) is 27.4. The standard InChI is InChI=1S/C39H64O2/c1-5-7-9-11-13-15-17-19-21-23-25-35-36(26-24-22-20-18-16-14-12-10-8-6-2)38(41)32-31-37(35)39(3,4)33-27-29-34(40)30-28-33/h27-32,40-41H,5-26H2,1-4H3. The number of benzene rings is 2. The van der Waals surface area contributed by atoms with Crippen molar-refractivity contribution in [3.05, 3.63) is 58.7 Å². The van der Waals surface area contributed by atoms with E-state index in [2.05, 4.69) is 45.9 Å². The maximum Gasteiger partial charge on any atom is 0.119 e. The molecule has 2 N–H and O–H groups in total. The van der Waals surface area contributed by atoms with Gasteiger partial charge in [0.15, 0.2) is 0 Å². The Labute approximate surface area is 254 Å². The summed E-state index contributed by atoms with van der Waals surface area (Å²) in [5.74, 6) is 0.788. The number of unbranched alkanes of at least 4 members (excludes halogenated alkanes) is 18. The normalized spacial score (nSPS) is 11.8. The van der Waals surface area contributed by atoms with E-state index >= 15 is 0 Å². The van der Waals surface area contributed by atoms with E-state index in [0.717, 1.165) is 19.3 Å². The summed E-state index contributed by atoms with van der Waals surface area (Å²) in [6, 6.07) is 11.8. The van der Waals surface area contributed by atoms with Crippen LogP contribution in [0.5, 0.6) is 11.5 Å². The average molecular weight is 565 g/mol. The van der Waals surface area contributed by atoms with Crippen molar-refractivity contribution >= 4 is 0 Å². The fraction of sp³-hybridized carbons (Fsp3) is 0.692. The van der Waals surface area contributed by atoms with Crippen LogP contribution in [0.4, 0.5) is 0 Å². The van der Waals surface area contributed by atoms with Crippen molar-refractivity contribution in [2.24, 2.45) is 0 Å². The van der Waals surface area contributed by atoms with Crippen LogP contribution in [-0.4, -0.2) is 10.2 Å². The zero-order valence-electron chi connectivity index (χ0n) is 27.4. The molecule has 0 aliphatic carbocycles. The van der Waals surface area contributed by atoms with Crippen LogP contribution in [0.15, 0.2) is 36.4 Å². The van der Waals surface area contributed by atoms with Gasteiger partial charge in [-0.15, -0.1) is 0 Å². The van der Waals surface area contributed by atoms with E-state index in [9.17, 15) is 10.2 Å². The molecule has 2 aromatic carbocycles. The molecule has 0 amide bonds. The molecule has 0 atom stereocenters. The lowest BCUT2D eigenvalue weighted by Gasteiger charge is -2.30. The minimum absolute atomic E-state index is 0.193. The lowest BCUT2D eigenvalue weighted by molar-refractivity contribution is 0.462. The quantitative estimate of drug-likeness (QED) is 0.124. The predicted octanol–water partition coefficient (Wildman–Crippen LogP) is 12.4. The summed E-state index contributed by atoms with van der Waals surface area (Å²) in [6.45, 7) is 9.15. The van der Waals surface area contributed by atoms with Crippen LogP contribution in [0.1, 0.15) is 178 Å². The molecule has 0 aliphatic heterocycles. The lowest BCUT2D eigenvalue weighted by Crippen LogP contribution is -2.22. The third-order valence-corrected chi connectivity index (χ3v) is 9.23. The fourth-order valence-corrected chi connectivity index (χ4v) is 6.44. The maximum atomic E-state index is 11.1. The van der Waals surface area contributed by atoms with Gasteiger partial charge >= 0.3 is 0 Å². The van der Waals surface area contributed by atoms with Crippen LogP contribution in [0.25, 0.3) is 0 Å². The summed E-state index contributed by atoms with van der Waals surface area (Å²) >= 11 is 0. The summed E-state index contributed by atoms with van der Waals surface area (Å²) in [5.41, 5.74) is 4.90. The molecule has 0 saturated carbocycles. The van der Waals surface area contributed by atoms with E-state index in [-0.39, 0.29) is 5.41 Å². The second-order valence-corrected chi connectivity index (χ2v) is 13.1. The van der Waals surface area contributed by atoms with Gasteiger partial charge in [0.25, 0.3) is 0 Å². The molecule has 2 aromatic rings. The predicted molar refractivity (Wildman–Crippen MR) is 179 cm³/mol. The van der Waals surface area contributed by atoms with Gasteiger partial charge in [-0.1, -0.05) is 161 Å². The van der Waals surface area contributed by atoms with Gasteiger partial charge in [-0.3, -0.25) is 0 Å². The molecule has 0 aromatic heterocycles. The molecule has 0 fully saturated rings. The summed E-state index contributed by atoms with van der Waals surface area (Å²) in [7, 11) is 0. The highest BCUT2D eigenvalue weighted by Gasteiger charge is 2.28. The molecule has 232 valence electrons. The Hall–Kier alpha value is -1.96. The van der Waals surface area contributed by atoms with Crippen molar-refractivity contribution in [1.82, 2.24) is 0 Å². The molecule has 41 heavy (non-hydrogen) atoms. The molecular weight excluding hydrogens is 500 g/mol. The van der Waals surface area contributed by atoms with E-state index in [1.54, 1.807) is 12.1 Å². The molecule has 2 rings (SSSR count). The summed E-state index contributed by atoms with van der Waals surface area (Å²) in [4.78, 5) is 0. The Morgan fingerprint density at radius 2 is 0.854 bits per heavy atom. The van der Waals surface area contributed by atoms with Gasteiger partial charge in [-0.2, -0.15) is 0 Å². The Bertz CT molecular complexity index is 927. The number of hydrogen-bond donors (Lipinski definition) is 2.